The normalized spacial score (nSPS) is 16.1. The molecular formula is C20H23F2N3O2. The van der Waals surface area contributed by atoms with Gasteiger partial charge in [-0.1, -0.05) is 0 Å². The Hall–Kier alpha value is -2.67. The molecule has 2 aromatic carbocycles. The van der Waals surface area contributed by atoms with Crippen molar-refractivity contribution < 1.29 is 18.3 Å². The number of halogens is 2. The Morgan fingerprint density at radius 1 is 1.07 bits per heavy atom. The van der Waals surface area contributed by atoms with Crippen LogP contribution in [-0.4, -0.2) is 50.1 Å². The minimum atomic E-state index is -0.778. The molecule has 5 nitrogen and oxygen atoms in total. The van der Waals surface area contributed by atoms with Gasteiger partial charge in [0.2, 0.25) is 5.91 Å². The zero-order valence-corrected chi connectivity index (χ0v) is 15.4. The number of anilines is 2. The number of rotatable bonds is 5. The van der Waals surface area contributed by atoms with E-state index >= 15 is 0 Å². The van der Waals surface area contributed by atoms with Gasteiger partial charge in [0.05, 0.1) is 18.8 Å². The van der Waals surface area contributed by atoms with E-state index in [0.717, 1.165) is 36.7 Å². The second kappa shape index (κ2) is 8.35. The molecule has 7 heteroatoms. The number of ether oxygens (including phenoxy) is 1. The summed E-state index contributed by atoms with van der Waals surface area (Å²) in [4.78, 5) is 16.7. The average Bonchev–Trinajstić information content (AvgIpc) is 2.69. The Morgan fingerprint density at radius 2 is 1.74 bits per heavy atom. The van der Waals surface area contributed by atoms with Gasteiger partial charge in [0.15, 0.2) is 0 Å². The molecule has 0 radical (unpaired) electrons. The van der Waals surface area contributed by atoms with Gasteiger partial charge in [0.1, 0.15) is 17.4 Å². The fraction of sp³-hybridized carbons (Fsp3) is 0.350. The van der Waals surface area contributed by atoms with E-state index in [1.54, 1.807) is 14.0 Å². The van der Waals surface area contributed by atoms with E-state index in [-0.39, 0.29) is 11.6 Å². The monoisotopic (exact) mass is 375 g/mol. The van der Waals surface area contributed by atoms with Crippen molar-refractivity contribution in [2.75, 3.05) is 43.5 Å². The molecule has 1 amide bonds. The van der Waals surface area contributed by atoms with Crippen LogP contribution in [0.25, 0.3) is 0 Å². The molecule has 0 aliphatic carbocycles. The van der Waals surface area contributed by atoms with Gasteiger partial charge in [0.25, 0.3) is 0 Å². The van der Waals surface area contributed by atoms with Crippen molar-refractivity contribution in [1.82, 2.24) is 4.90 Å². The van der Waals surface area contributed by atoms with Gasteiger partial charge in [-0.15, -0.1) is 0 Å². The quantitative estimate of drug-likeness (QED) is 0.872. The molecular weight excluding hydrogens is 352 g/mol. The zero-order chi connectivity index (χ0) is 19.4. The number of nitrogens with one attached hydrogen (secondary N) is 1. The Bertz CT molecular complexity index is 790. The first-order valence-corrected chi connectivity index (χ1v) is 8.87. The smallest absolute Gasteiger partial charge is 0.241 e. The Balaban J connectivity index is 1.55. The van der Waals surface area contributed by atoms with Crippen LogP contribution in [0.1, 0.15) is 6.92 Å². The number of carbonyl (C=O) groups excluding carboxylic acids is 1. The second-order valence-electron chi connectivity index (χ2n) is 6.51. The molecule has 2 aromatic rings. The highest BCUT2D eigenvalue weighted by Gasteiger charge is 2.26. The third-order valence-electron chi connectivity index (χ3n) is 4.87. The first-order valence-electron chi connectivity index (χ1n) is 8.87. The molecule has 1 aliphatic heterocycles. The number of hydrogen-bond donors (Lipinski definition) is 1. The summed E-state index contributed by atoms with van der Waals surface area (Å²) >= 11 is 0. The summed E-state index contributed by atoms with van der Waals surface area (Å²) in [5, 5.41) is 2.54. The highest BCUT2D eigenvalue weighted by molar-refractivity contribution is 5.94. The number of hydrogen-bond acceptors (Lipinski definition) is 4. The minimum absolute atomic E-state index is 0.00915. The van der Waals surface area contributed by atoms with E-state index in [4.69, 9.17) is 4.74 Å². The third kappa shape index (κ3) is 4.54. The van der Waals surface area contributed by atoms with Crippen molar-refractivity contribution in [2.24, 2.45) is 0 Å². The predicted molar refractivity (Wildman–Crippen MR) is 101 cm³/mol. The number of amides is 1. The standard InChI is InChI=1S/C20H23F2N3O2/c1-14(20(26)23-19-8-3-15(21)13-18(19)22)24-9-11-25(12-10-24)16-4-6-17(27-2)7-5-16/h3-8,13-14H,9-12H2,1-2H3,(H,23,26)/t14-/m1/s1. The van der Waals surface area contributed by atoms with E-state index in [1.807, 2.05) is 24.3 Å². The fourth-order valence-electron chi connectivity index (χ4n) is 3.15. The van der Waals surface area contributed by atoms with Crippen LogP contribution in [0.4, 0.5) is 20.2 Å². The van der Waals surface area contributed by atoms with Crippen LogP contribution in [0.15, 0.2) is 42.5 Å². The molecule has 0 bridgehead atoms. The molecule has 1 N–H and O–H groups in total. The van der Waals surface area contributed by atoms with Gasteiger partial charge in [-0.25, -0.2) is 8.78 Å². The molecule has 27 heavy (non-hydrogen) atoms. The fourth-order valence-corrected chi connectivity index (χ4v) is 3.15. The number of nitrogens with zero attached hydrogens (tertiary/aromatic N) is 2. The summed E-state index contributed by atoms with van der Waals surface area (Å²) < 4.78 is 31.9. The first kappa shape index (κ1) is 19.1. The lowest BCUT2D eigenvalue weighted by atomic mass is 10.2. The number of carbonyl (C=O) groups is 1. The van der Waals surface area contributed by atoms with E-state index in [2.05, 4.69) is 15.1 Å². The highest BCUT2D eigenvalue weighted by Crippen LogP contribution is 2.21. The molecule has 1 atom stereocenters. The van der Waals surface area contributed by atoms with E-state index in [9.17, 15) is 13.6 Å². The number of benzene rings is 2. The SMILES string of the molecule is COc1ccc(N2CCN([C@H](C)C(=O)Nc3ccc(F)cc3F)CC2)cc1. The minimum Gasteiger partial charge on any atom is -0.497 e. The van der Waals surface area contributed by atoms with Crippen molar-refractivity contribution in [1.29, 1.82) is 0 Å². The molecule has 0 unspecified atom stereocenters. The summed E-state index contributed by atoms with van der Waals surface area (Å²) in [5.41, 5.74) is 1.10. The molecule has 3 rings (SSSR count). The lowest BCUT2D eigenvalue weighted by molar-refractivity contribution is -0.120. The topological polar surface area (TPSA) is 44.8 Å². The van der Waals surface area contributed by atoms with Gasteiger partial charge in [0, 0.05) is 37.9 Å². The highest BCUT2D eigenvalue weighted by atomic mass is 19.1. The van der Waals surface area contributed by atoms with Crippen molar-refractivity contribution in [3.8, 4) is 5.75 Å². The van der Waals surface area contributed by atoms with Gasteiger partial charge < -0.3 is 15.0 Å². The molecule has 0 saturated carbocycles. The zero-order valence-electron chi connectivity index (χ0n) is 15.4. The number of methoxy groups -OCH3 is 1. The van der Waals surface area contributed by atoms with Crippen LogP contribution in [0.3, 0.4) is 0 Å². The summed E-state index contributed by atoms with van der Waals surface area (Å²) in [5.74, 6) is -0.942. The van der Waals surface area contributed by atoms with Crippen LogP contribution in [0.2, 0.25) is 0 Å². The molecule has 1 fully saturated rings. The van der Waals surface area contributed by atoms with Crippen LogP contribution >= 0.6 is 0 Å². The molecule has 0 aromatic heterocycles. The Morgan fingerprint density at radius 3 is 2.33 bits per heavy atom. The Kier molecular flexibility index (Phi) is 5.91. The van der Waals surface area contributed by atoms with Crippen molar-refractivity contribution in [2.45, 2.75) is 13.0 Å². The van der Waals surface area contributed by atoms with Gasteiger partial charge >= 0.3 is 0 Å². The molecule has 0 spiro atoms. The van der Waals surface area contributed by atoms with Gasteiger partial charge in [-0.2, -0.15) is 0 Å². The number of piperazine rings is 1. The summed E-state index contributed by atoms with van der Waals surface area (Å²) in [6.07, 6.45) is 0. The predicted octanol–water partition coefficient (Wildman–Crippen LogP) is 3.12. The molecule has 1 heterocycles. The van der Waals surface area contributed by atoms with E-state index in [1.165, 1.54) is 6.07 Å². The maximum atomic E-state index is 13.7. The molecule has 144 valence electrons. The summed E-state index contributed by atoms with van der Waals surface area (Å²) in [7, 11) is 1.64. The van der Waals surface area contributed by atoms with Crippen LogP contribution in [-0.2, 0) is 4.79 Å². The Labute approximate surface area is 157 Å². The third-order valence-corrected chi connectivity index (χ3v) is 4.87. The first-order chi connectivity index (χ1) is 13.0. The lowest BCUT2D eigenvalue weighted by Gasteiger charge is -2.38. The average molecular weight is 375 g/mol. The molecule has 1 aliphatic rings. The van der Waals surface area contributed by atoms with E-state index < -0.39 is 17.7 Å². The second-order valence-corrected chi connectivity index (χ2v) is 6.51. The van der Waals surface area contributed by atoms with Gasteiger partial charge in [-0.3, -0.25) is 9.69 Å². The van der Waals surface area contributed by atoms with Crippen LogP contribution < -0.4 is 15.0 Å². The maximum absolute atomic E-state index is 13.7. The van der Waals surface area contributed by atoms with Gasteiger partial charge in [-0.05, 0) is 43.3 Å². The largest absolute Gasteiger partial charge is 0.497 e. The van der Waals surface area contributed by atoms with E-state index in [0.29, 0.717) is 13.1 Å². The van der Waals surface area contributed by atoms with Crippen molar-refractivity contribution in [3.63, 3.8) is 0 Å². The van der Waals surface area contributed by atoms with Crippen LogP contribution in [0, 0.1) is 11.6 Å². The van der Waals surface area contributed by atoms with Crippen molar-refractivity contribution in [3.05, 3.63) is 54.1 Å². The molecule has 1 saturated heterocycles. The van der Waals surface area contributed by atoms with Crippen molar-refractivity contribution >= 4 is 17.3 Å². The van der Waals surface area contributed by atoms with Crippen LogP contribution in [0.5, 0.6) is 5.75 Å². The summed E-state index contributed by atoms with van der Waals surface area (Å²) in [6, 6.07) is 10.6. The maximum Gasteiger partial charge on any atom is 0.241 e. The summed E-state index contributed by atoms with van der Waals surface area (Å²) in [6.45, 7) is 4.79. The lowest BCUT2D eigenvalue weighted by Crippen LogP contribution is -2.52.